The molecule has 1 aromatic rings. The number of methoxy groups -OCH3 is 1. The number of esters is 1. The van der Waals surface area contributed by atoms with E-state index in [9.17, 15) is 14.4 Å². The molecule has 1 fully saturated rings. The maximum Gasteiger partial charge on any atom is 0.331 e. The number of carbonyl (C=O) groups is 3. The van der Waals surface area contributed by atoms with Crippen LogP contribution in [0.4, 0.5) is 0 Å². The standard InChI is InChI=1S/C19H25NO4/c1-14-6-8-15(9-7-14)16(21)10-11-17(22)20-19(18(23)24-2)12-4-3-5-13-19/h6-9H,3-5,10-13H2,1-2H3,(H,20,22). The van der Waals surface area contributed by atoms with Gasteiger partial charge in [-0.25, -0.2) is 4.79 Å². The Kier molecular flexibility index (Phi) is 6.12. The Morgan fingerprint density at radius 1 is 1.04 bits per heavy atom. The van der Waals surface area contributed by atoms with E-state index in [2.05, 4.69) is 5.32 Å². The van der Waals surface area contributed by atoms with E-state index < -0.39 is 5.54 Å². The van der Waals surface area contributed by atoms with E-state index in [0.717, 1.165) is 24.8 Å². The lowest BCUT2D eigenvalue weighted by Crippen LogP contribution is -2.56. The summed E-state index contributed by atoms with van der Waals surface area (Å²) in [6.07, 6.45) is 4.22. The van der Waals surface area contributed by atoms with Gasteiger partial charge in [-0.05, 0) is 19.8 Å². The summed E-state index contributed by atoms with van der Waals surface area (Å²) < 4.78 is 4.88. The fourth-order valence-corrected chi connectivity index (χ4v) is 3.17. The fourth-order valence-electron chi connectivity index (χ4n) is 3.17. The highest BCUT2D eigenvalue weighted by molar-refractivity contribution is 5.98. The van der Waals surface area contributed by atoms with E-state index in [1.54, 1.807) is 12.1 Å². The van der Waals surface area contributed by atoms with Crippen LogP contribution in [-0.4, -0.2) is 30.3 Å². The first kappa shape index (κ1) is 18.2. The zero-order valence-corrected chi connectivity index (χ0v) is 14.4. The molecular formula is C19H25NO4. The second-order valence-corrected chi connectivity index (χ2v) is 6.47. The Hall–Kier alpha value is -2.17. The minimum atomic E-state index is -0.920. The molecule has 0 aromatic heterocycles. The molecule has 0 spiro atoms. The lowest BCUT2D eigenvalue weighted by Gasteiger charge is -2.35. The van der Waals surface area contributed by atoms with Crippen LogP contribution in [0.15, 0.2) is 24.3 Å². The molecule has 1 aromatic carbocycles. The van der Waals surface area contributed by atoms with Crippen LogP contribution in [0.1, 0.15) is 60.9 Å². The number of hydrogen-bond donors (Lipinski definition) is 1. The van der Waals surface area contributed by atoms with Crippen LogP contribution in [-0.2, 0) is 14.3 Å². The predicted octanol–water partition coefficient (Wildman–Crippen LogP) is 2.95. The molecule has 5 nitrogen and oxygen atoms in total. The average Bonchev–Trinajstić information content (AvgIpc) is 2.60. The van der Waals surface area contributed by atoms with Crippen molar-refractivity contribution in [2.75, 3.05) is 7.11 Å². The van der Waals surface area contributed by atoms with Gasteiger partial charge >= 0.3 is 5.97 Å². The monoisotopic (exact) mass is 331 g/mol. The van der Waals surface area contributed by atoms with Gasteiger partial charge in [-0.1, -0.05) is 49.1 Å². The Balaban J connectivity index is 1.92. The maximum absolute atomic E-state index is 12.3. The number of nitrogens with one attached hydrogen (secondary N) is 1. The second-order valence-electron chi connectivity index (χ2n) is 6.47. The average molecular weight is 331 g/mol. The second kappa shape index (κ2) is 8.08. The van der Waals surface area contributed by atoms with Gasteiger partial charge in [0.15, 0.2) is 5.78 Å². The van der Waals surface area contributed by atoms with E-state index in [-0.39, 0.29) is 30.5 Å². The summed E-state index contributed by atoms with van der Waals surface area (Å²) in [5.41, 5.74) is 0.770. The van der Waals surface area contributed by atoms with Crippen LogP contribution >= 0.6 is 0 Å². The molecule has 0 saturated heterocycles. The zero-order chi connectivity index (χ0) is 17.6. The van der Waals surface area contributed by atoms with E-state index in [4.69, 9.17) is 4.74 Å². The number of Topliss-reactive ketones (excluding diaryl/α,β-unsaturated/α-hetero) is 1. The van der Waals surface area contributed by atoms with E-state index >= 15 is 0 Å². The number of hydrogen-bond acceptors (Lipinski definition) is 4. The lowest BCUT2D eigenvalue weighted by molar-refractivity contribution is -0.152. The van der Waals surface area contributed by atoms with E-state index in [1.807, 2.05) is 19.1 Å². The molecule has 24 heavy (non-hydrogen) atoms. The Morgan fingerprint density at radius 2 is 1.67 bits per heavy atom. The Bertz CT molecular complexity index is 600. The summed E-state index contributed by atoms with van der Waals surface area (Å²) in [6, 6.07) is 7.29. The minimum absolute atomic E-state index is 0.0686. The minimum Gasteiger partial charge on any atom is -0.467 e. The number of ketones is 1. The van der Waals surface area contributed by atoms with Crippen LogP contribution < -0.4 is 5.32 Å². The molecule has 1 aliphatic rings. The number of carbonyl (C=O) groups excluding carboxylic acids is 3. The third-order valence-corrected chi connectivity index (χ3v) is 4.61. The van der Waals surface area contributed by atoms with Crippen LogP contribution in [0.2, 0.25) is 0 Å². The normalized spacial score (nSPS) is 16.2. The molecule has 1 aliphatic carbocycles. The Morgan fingerprint density at radius 3 is 2.25 bits per heavy atom. The fraction of sp³-hybridized carbons (Fsp3) is 0.526. The van der Waals surface area contributed by atoms with Crippen molar-refractivity contribution in [2.45, 2.75) is 57.4 Å². The highest BCUT2D eigenvalue weighted by atomic mass is 16.5. The van der Waals surface area contributed by atoms with Crippen molar-refractivity contribution in [3.63, 3.8) is 0 Å². The molecule has 5 heteroatoms. The van der Waals surface area contributed by atoms with Crippen molar-refractivity contribution < 1.29 is 19.1 Å². The molecular weight excluding hydrogens is 306 g/mol. The van der Waals surface area contributed by atoms with Crippen LogP contribution in [0.3, 0.4) is 0 Å². The number of amides is 1. The predicted molar refractivity (Wildman–Crippen MR) is 90.7 cm³/mol. The molecule has 0 unspecified atom stereocenters. The van der Waals surface area contributed by atoms with Gasteiger partial charge in [0.1, 0.15) is 5.54 Å². The molecule has 1 saturated carbocycles. The van der Waals surface area contributed by atoms with Gasteiger partial charge in [-0.15, -0.1) is 0 Å². The zero-order valence-electron chi connectivity index (χ0n) is 14.4. The highest BCUT2D eigenvalue weighted by Gasteiger charge is 2.41. The molecule has 0 bridgehead atoms. The maximum atomic E-state index is 12.3. The molecule has 1 N–H and O–H groups in total. The number of aryl methyl sites for hydroxylation is 1. The summed E-state index contributed by atoms with van der Waals surface area (Å²) in [5.74, 6) is -0.732. The SMILES string of the molecule is COC(=O)C1(NC(=O)CCC(=O)c2ccc(C)cc2)CCCCC1. The van der Waals surface area contributed by atoms with E-state index in [0.29, 0.717) is 18.4 Å². The molecule has 0 heterocycles. The summed E-state index contributed by atoms with van der Waals surface area (Å²) in [7, 11) is 1.34. The van der Waals surface area contributed by atoms with Gasteiger partial charge in [0.25, 0.3) is 0 Å². The van der Waals surface area contributed by atoms with Crippen molar-refractivity contribution in [3.05, 3.63) is 35.4 Å². The third-order valence-electron chi connectivity index (χ3n) is 4.61. The first-order valence-electron chi connectivity index (χ1n) is 8.46. The first-order valence-corrected chi connectivity index (χ1v) is 8.46. The van der Waals surface area contributed by atoms with Crippen LogP contribution in [0.5, 0.6) is 0 Å². The lowest BCUT2D eigenvalue weighted by atomic mass is 9.81. The summed E-state index contributed by atoms with van der Waals surface area (Å²) in [6.45, 7) is 1.96. The van der Waals surface area contributed by atoms with Gasteiger partial charge in [0.2, 0.25) is 5.91 Å². The molecule has 1 amide bonds. The largest absolute Gasteiger partial charge is 0.467 e. The quantitative estimate of drug-likeness (QED) is 0.642. The van der Waals surface area contributed by atoms with E-state index in [1.165, 1.54) is 7.11 Å². The third kappa shape index (κ3) is 4.43. The van der Waals surface area contributed by atoms with Gasteiger partial charge in [-0.2, -0.15) is 0 Å². The van der Waals surface area contributed by atoms with Crippen molar-refractivity contribution >= 4 is 17.7 Å². The molecule has 0 radical (unpaired) electrons. The topological polar surface area (TPSA) is 72.5 Å². The van der Waals surface area contributed by atoms with Crippen molar-refractivity contribution in [3.8, 4) is 0 Å². The molecule has 0 aliphatic heterocycles. The molecule has 130 valence electrons. The van der Waals surface area contributed by atoms with Crippen molar-refractivity contribution in [1.29, 1.82) is 0 Å². The molecule has 0 atom stereocenters. The van der Waals surface area contributed by atoms with Crippen molar-refractivity contribution in [1.82, 2.24) is 5.32 Å². The summed E-state index contributed by atoms with van der Waals surface area (Å²) in [4.78, 5) is 36.5. The van der Waals surface area contributed by atoms with Gasteiger partial charge in [-0.3, -0.25) is 9.59 Å². The van der Waals surface area contributed by atoms with Crippen molar-refractivity contribution in [2.24, 2.45) is 0 Å². The van der Waals surface area contributed by atoms with Gasteiger partial charge < -0.3 is 10.1 Å². The first-order chi connectivity index (χ1) is 11.5. The smallest absolute Gasteiger partial charge is 0.331 e. The molecule has 2 rings (SSSR count). The Labute approximate surface area is 142 Å². The van der Waals surface area contributed by atoms with Gasteiger partial charge in [0, 0.05) is 18.4 Å². The van der Waals surface area contributed by atoms with Crippen LogP contribution in [0, 0.1) is 6.92 Å². The number of benzene rings is 1. The summed E-state index contributed by atoms with van der Waals surface area (Å²) >= 11 is 0. The number of ether oxygens (including phenoxy) is 1. The van der Waals surface area contributed by atoms with Gasteiger partial charge in [0.05, 0.1) is 7.11 Å². The summed E-state index contributed by atoms with van der Waals surface area (Å²) in [5, 5.41) is 2.83. The number of rotatable bonds is 6. The highest BCUT2D eigenvalue weighted by Crippen LogP contribution is 2.29. The van der Waals surface area contributed by atoms with Crippen LogP contribution in [0.25, 0.3) is 0 Å².